The Bertz CT molecular complexity index is 1300. The van der Waals surface area contributed by atoms with E-state index >= 15 is 0 Å². The summed E-state index contributed by atoms with van der Waals surface area (Å²) in [6.45, 7) is 4.07. The molecule has 0 bridgehead atoms. The number of amides is 4. The second-order valence-electron chi connectivity index (χ2n) is 11.0. The first kappa shape index (κ1) is 33.8. The van der Waals surface area contributed by atoms with Crippen LogP contribution in [0.1, 0.15) is 109 Å². The van der Waals surface area contributed by atoms with Crippen LogP contribution in [-0.2, 0) is 19.2 Å². The van der Waals surface area contributed by atoms with Gasteiger partial charge in [0.25, 0.3) is 11.8 Å². The summed E-state index contributed by atoms with van der Waals surface area (Å²) in [6.07, 6.45) is 4.13. The number of carbonyl (C=O) groups excluding carboxylic acids is 4. The van der Waals surface area contributed by atoms with Crippen molar-refractivity contribution in [3.63, 3.8) is 0 Å². The number of carboxylic acids is 2. The van der Waals surface area contributed by atoms with Crippen molar-refractivity contribution >= 4 is 35.6 Å². The van der Waals surface area contributed by atoms with E-state index in [2.05, 4.69) is 0 Å². The summed E-state index contributed by atoms with van der Waals surface area (Å²) in [6, 6.07) is 11.3. The van der Waals surface area contributed by atoms with Gasteiger partial charge in [-0.1, -0.05) is 75.9 Å². The second kappa shape index (κ2) is 15.1. The van der Waals surface area contributed by atoms with E-state index in [1.807, 2.05) is 38.1 Å². The fourth-order valence-electron chi connectivity index (χ4n) is 5.92. The van der Waals surface area contributed by atoms with Crippen molar-refractivity contribution in [1.29, 1.82) is 0 Å². The third-order valence-corrected chi connectivity index (χ3v) is 7.95. The first-order valence-electron chi connectivity index (χ1n) is 14.8. The van der Waals surface area contributed by atoms with Gasteiger partial charge in [-0.2, -0.15) is 0 Å². The van der Waals surface area contributed by atoms with Gasteiger partial charge in [0.2, 0.25) is 11.8 Å². The molecule has 0 aliphatic carbocycles. The van der Waals surface area contributed by atoms with Crippen LogP contribution in [0.2, 0.25) is 0 Å². The molecule has 0 saturated carbocycles. The third-order valence-electron chi connectivity index (χ3n) is 7.95. The van der Waals surface area contributed by atoms with Crippen LogP contribution in [0.4, 0.5) is 0 Å². The molecule has 12 heteroatoms. The summed E-state index contributed by atoms with van der Waals surface area (Å²) >= 11 is 0. The first-order chi connectivity index (χ1) is 20.9. The Hall–Kier alpha value is -4.74. The van der Waals surface area contributed by atoms with Crippen molar-refractivity contribution in [3.8, 4) is 0 Å². The lowest BCUT2D eigenvalue weighted by molar-refractivity contribution is -0.145. The molecule has 0 spiro atoms. The second-order valence-corrected chi connectivity index (χ2v) is 11.0. The van der Waals surface area contributed by atoms with Crippen molar-refractivity contribution in [2.24, 2.45) is 11.5 Å². The number of hydrogen-bond acceptors (Lipinski definition) is 6. The standard InChI is InChI=1S/2C16H20N2O4/c1-2-3-8-12-10-6-4-5-7-11(10)16(22)18(12)13(15(17)21)9-14(19)20;1-2-3-8-12-10-6-4-5-7-11(10)15(20)18(12)13(16(21)22)9-14(17)19/h4-7,12-13H,2-3,8-9H2,1H3,(H2,17,21)(H,19,20);4-7,12-13H,2-3,8-9H2,1H3,(H2,17,19)(H,21,22). The number of nitrogens with zero attached hydrogens (tertiary/aromatic N) is 2. The summed E-state index contributed by atoms with van der Waals surface area (Å²) in [5.74, 6) is -4.54. The quantitative estimate of drug-likeness (QED) is 0.250. The minimum Gasteiger partial charge on any atom is -0.481 e. The summed E-state index contributed by atoms with van der Waals surface area (Å²) < 4.78 is 0. The van der Waals surface area contributed by atoms with Gasteiger partial charge >= 0.3 is 11.9 Å². The van der Waals surface area contributed by atoms with Crippen LogP contribution in [0, 0.1) is 0 Å². The van der Waals surface area contributed by atoms with Crippen molar-refractivity contribution < 1.29 is 39.0 Å². The van der Waals surface area contributed by atoms with E-state index in [4.69, 9.17) is 16.6 Å². The number of hydrogen-bond donors (Lipinski definition) is 4. The highest BCUT2D eigenvalue weighted by Crippen LogP contribution is 2.40. The van der Waals surface area contributed by atoms with Gasteiger partial charge in [0, 0.05) is 11.1 Å². The number of nitrogens with two attached hydrogens (primary N) is 2. The number of fused-ring (bicyclic) bond motifs is 2. The summed E-state index contributed by atoms with van der Waals surface area (Å²) in [5.41, 5.74) is 13.2. The molecule has 0 aromatic heterocycles. The molecule has 0 radical (unpaired) electrons. The average molecular weight is 609 g/mol. The Kier molecular flexibility index (Phi) is 11.6. The molecule has 0 fully saturated rings. The summed E-state index contributed by atoms with van der Waals surface area (Å²) in [7, 11) is 0. The van der Waals surface area contributed by atoms with E-state index in [1.54, 1.807) is 24.3 Å². The molecule has 2 aromatic carbocycles. The Morgan fingerprint density at radius 2 is 1.16 bits per heavy atom. The largest absolute Gasteiger partial charge is 0.481 e. The third kappa shape index (κ3) is 7.42. The average Bonchev–Trinajstić information content (AvgIpc) is 3.42. The zero-order valence-electron chi connectivity index (χ0n) is 25.0. The molecule has 2 aromatic rings. The van der Waals surface area contributed by atoms with Gasteiger partial charge in [-0.3, -0.25) is 24.0 Å². The highest BCUT2D eigenvalue weighted by molar-refractivity contribution is 6.03. The van der Waals surface area contributed by atoms with Gasteiger partial charge in [-0.25, -0.2) is 4.79 Å². The Morgan fingerprint density at radius 1 is 0.727 bits per heavy atom. The molecule has 44 heavy (non-hydrogen) atoms. The van der Waals surface area contributed by atoms with Crippen molar-refractivity contribution in [1.82, 2.24) is 9.80 Å². The van der Waals surface area contributed by atoms with Gasteiger partial charge in [-0.15, -0.1) is 0 Å². The van der Waals surface area contributed by atoms with E-state index in [0.717, 1.165) is 36.8 Å². The van der Waals surface area contributed by atoms with Gasteiger partial charge in [0.05, 0.1) is 24.9 Å². The Balaban J connectivity index is 0.000000240. The van der Waals surface area contributed by atoms with E-state index in [-0.39, 0.29) is 30.3 Å². The predicted molar refractivity (Wildman–Crippen MR) is 160 cm³/mol. The van der Waals surface area contributed by atoms with Gasteiger partial charge in [0.15, 0.2) is 0 Å². The molecule has 4 atom stereocenters. The maximum absolute atomic E-state index is 12.6. The molecular formula is C32H40N4O8. The van der Waals surface area contributed by atoms with Crippen LogP contribution in [0.15, 0.2) is 48.5 Å². The lowest BCUT2D eigenvalue weighted by Crippen LogP contribution is -2.47. The summed E-state index contributed by atoms with van der Waals surface area (Å²) in [5, 5.41) is 18.4. The monoisotopic (exact) mass is 608 g/mol. The van der Waals surface area contributed by atoms with Crippen LogP contribution < -0.4 is 11.5 Å². The van der Waals surface area contributed by atoms with Gasteiger partial charge < -0.3 is 31.5 Å². The minimum absolute atomic E-state index is 0.291. The zero-order chi connectivity index (χ0) is 32.6. The van der Waals surface area contributed by atoms with Crippen LogP contribution in [0.3, 0.4) is 0 Å². The number of primary amides is 2. The van der Waals surface area contributed by atoms with Crippen molar-refractivity contribution in [2.75, 3.05) is 0 Å². The zero-order valence-corrected chi connectivity index (χ0v) is 25.0. The number of carboxylic acid groups (broad SMARTS) is 2. The molecule has 4 amide bonds. The van der Waals surface area contributed by atoms with Crippen molar-refractivity contribution in [2.45, 2.75) is 89.4 Å². The summed E-state index contributed by atoms with van der Waals surface area (Å²) in [4.78, 5) is 73.4. The molecule has 236 valence electrons. The number of aliphatic carboxylic acids is 2. The fourth-order valence-corrected chi connectivity index (χ4v) is 5.92. The van der Waals surface area contributed by atoms with E-state index in [0.29, 0.717) is 24.0 Å². The van der Waals surface area contributed by atoms with Crippen LogP contribution >= 0.6 is 0 Å². The lowest BCUT2D eigenvalue weighted by atomic mass is 9.99. The molecule has 4 rings (SSSR count). The smallest absolute Gasteiger partial charge is 0.326 e. The van der Waals surface area contributed by atoms with Gasteiger partial charge in [-0.05, 0) is 36.1 Å². The molecule has 2 heterocycles. The number of unbranched alkanes of at least 4 members (excludes halogenated alkanes) is 2. The van der Waals surface area contributed by atoms with E-state index in [1.165, 1.54) is 9.80 Å². The van der Waals surface area contributed by atoms with Crippen molar-refractivity contribution in [3.05, 3.63) is 70.8 Å². The van der Waals surface area contributed by atoms with Crippen LogP contribution in [0.25, 0.3) is 0 Å². The van der Waals surface area contributed by atoms with E-state index < -0.39 is 42.3 Å². The first-order valence-corrected chi connectivity index (χ1v) is 14.8. The molecule has 6 N–H and O–H groups in total. The minimum atomic E-state index is -1.22. The SMILES string of the molecule is CCCCC1c2ccccc2C(=O)N1C(CC(=O)O)C(N)=O.CCCCC1c2ccccc2C(=O)N1C(CC(N)=O)C(=O)O. The highest BCUT2D eigenvalue weighted by Gasteiger charge is 2.44. The molecule has 12 nitrogen and oxygen atoms in total. The molecule has 2 aliphatic rings. The van der Waals surface area contributed by atoms with Crippen LogP contribution in [0.5, 0.6) is 0 Å². The molecule has 2 aliphatic heterocycles. The number of carbonyl (C=O) groups is 6. The topological polar surface area (TPSA) is 201 Å². The maximum Gasteiger partial charge on any atom is 0.326 e. The number of benzene rings is 2. The number of rotatable bonds is 14. The van der Waals surface area contributed by atoms with E-state index in [9.17, 15) is 33.9 Å². The molecular weight excluding hydrogens is 568 g/mol. The van der Waals surface area contributed by atoms with Crippen LogP contribution in [-0.4, -0.2) is 67.7 Å². The Labute approximate surface area is 256 Å². The molecule has 0 saturated heterocycles. The normalized spacial score (nSPS) is 18.1. The highest BCUT2D eigenvalue weighted by atomic mass is 16.4. The predicted octanol–water partition coefficient (Wildman–Crippen LogP) is 3.40. The maximum atomic E-state index is 12.6. The van der Waals surface area contributed by atoms with Gasteiger partial charge in [0.1, 0.15) is 12.1 Å². The molecule has 4 unspecified atom stereocenters. The Morgan fingerprint density at radius 3 is 1.52 bits per heavy atom. The fraction of sp³-hybridized carbons (Fsp3) is 0.438. The lowest BCUT2D eigenvalue weighted by Gasteiger charge is -2.31.